The van der Waals surface area contributed by atoms with Gasteiger partial charge in [-0.1, -0.05) is 39.0 Å². The Morgan fingerprint density at radius 3 is 2.73 bits per heavy atom. The molecule has 1 aliphatic heterocycles. The summed E-state index contributed by atoms with van der Waals surface area (Å²) in [4.78, 5) is 17.7. The number of hydrogen-bond donors (Lipinski definition) is 0. The highest BCUT2D eigenvalue weighted by atomic mass is 16.5. The molecule has 33 heavy (non-hydrogen) atoms. The Hall–Kier alpha value is -2.60. The largest absolute Gasteiger partial charge is 0.494 e. The molecular weight excluding hydrogens is 412 g/mol. The molecule has 0 spiro atoms. The maximum atomic E-state index is 13.3. The van der Waals surface area contributed by atoms with E-state index in [2.05, 4.69) is 47.9 Å². The predicted molar refractivity (Wildman–Crippen MR) is 132 cm³/mol. The first-order valence-electron chi connectivity index (χ1n) is 12.1. The van der Waals surface area contributed by atoms with Crippen LogP contribution in [0.3, 0.4) is 0 Å². The maximum absolute atomic E-state index is 13.3. The van der Waals surface area contributed by atoms with Crippen LogP contribution >= 0.6 is 0 Å². The van der Waals surface area contributed by atoms with Gasteiger partial charge in [-0.2, -0.15) is 5.10 Å². The van der Waals surface area contributed by atoms with Crippen molar-refractivity contribution < 1.29 is 9.53 Å². The fourth-order valence-corrected chi connectivity index (χ4v) is 4.62. The summed E-state index contributed by atoms with van der Waals surface area (Å²) in [6.45, 7) is 14.4. The highest BCUT2D eigenvalue weighted by Crippen LogP contribution is 2.33. The van der Waals surface area contributed by atoms with Gasteiger partial charge in [-0.25, -0.2) is 4.68 Å². The first-order chi connectivity index (χ1) is 15.8. The maximum Gasteiger partial charge on any atom is 0.223 e. The lowest BCUT2D eigenvalue weighted by Crippen LogP contribution is -2.36. The van der Waals surface area contributed by atoms with Gasteiger partial charge in [0.05, 0.1) is 25.0 Å². The van der Waals surface area contributed by atoms with Crippen molar-refractivity contribution in [1.29, 1.82) is 0 Å². The molecule has 1 fully saturated rings. The molecule has 2 aliphatic rings. The number of amides is 1. The standard InChI is InChI=1S/C27H38N4O2/c1-6-14-29-15-13-23-21(18-29)22(28-31(23)24-9-7-8-10-25(24)33-5)19-30(17-20-11-12-20)26(32)16-27(2,3)4/h6-10,20H,1,11-19H2,2-5H3. The number of benzene rings is 1. The zero-order valence-electron chi connectivity index (χ0n) is 20.6. The van der Waals surface area contributed by atoms with E-state index in [0.717, 1.165) is 49.7 Å². The van der Waals surface area contributed by atoms with Crippen LogP contribution in [0, 0.1) is 11.3 Å². The molecule has 2 heterocycles. The van der Waals surface area contributed by atoms with Crippen molar-refractivity contribution in [3.05, 3.63) is 53.9 Å². The first-order valence-corrected chi connectivity index (χ1v) is 12.1. The van der Waals surface area contributed by atoms with E-state index in [9.17, 15) is 4.79 Å². The molecule has 6 heteroatoms. The van der Waals surface area contributed by atoms with Crippen LogP contribution in [-0.4, -0.2) is 52.2 Å². The molecule has 0 unspecified atom stereocenters. The SMILES string of the molecule is C=CCN1CCc2c(c(CN(CC3CC3)C(=O)CC(C)(C)C)nn2-c2ccccc2OC)C1. The lowest BCUT2D eigenvalue weighted by atomic mass is 9.91. The molecule has 1 aliphatic carbocycles. The van der Waals surface area contributed by atoms with Crippen molar-refractivity contribution in [2.24, 2.45) is 11.3 Å². The van der Waals surface area contributed by atoms with E-state index in [0.29, 0.717) is 18.9 Å². The van der Waals surface area contributed by atoms with Crippen molar-refractivity contribution >= 4 is 5.91 Å². The quantitative estimate of drug-likeness (QED) is 0.524. The van der Waals surface area contributed by atoms with Gasteiger partial charge in [-0.05, 0) is 36.3 Å². The van der Waals surface area contributed by atoms with Crippen LogP contribution < -0.4 is 4.74 Å². The van der Waals surface area contributed by atoms with Crippen LogP contribution in [0.15, 0.2) is 36.9 Å². The third kappa shape index (κ3) is 5.67. The minimum absolute atomic E-state index is 0.0319. The Bertz CT molecular complexity index is 1000. The topological polar surface area (TPSA) is 50.6 Å². The number of carbonyl (C=O) groups is 1. The van der Waals surface area contributed by atoms with Gasteiger partial charge in [0.1, 0.15) is 11.4 Å². The summed E-state index contributed by atoms with van der Waals surface area (Å²) >= 11 is 0. The summed E-state index contributed by atoms with van der Waals surface area (Å²) in [5.41, 5.74) is 4.40. The molecule has 1 saturated carbocycles. The van der Waals surface area contributed by atoms with E-state index in [1.807, 2.05) is 24.3 Å². The van der Waals surface area contributed by atoms with E-state index in [1.165, 1.54) is 24.1 Å². The van der Waals surface area contributed by atoms with Gasteiger partial charge in [-0.3, -0.25) is 9.69 Å². The number of nitrogens with zero attached hydrogens (tertiary/aromatic N) is 4. The second kappa shape index (κ2) is 9.72. The average molecular weight is 451 g/mol. The number of aromatic nitrogens is 2. The molecule has 1 aromatic heterocycles. The van der Waals surface area contributed by atoms with Crippen molar-refractivity contribution in [3.8, 4) is 11.4 Å². The number of para-hydroxylation sites is 2. The van der Waals surface area contributed by atoms with Crippen LogP contribution in [0.1, 0.15) is 57.0 Å². The fourth-order valence-electron chi connectivity index (χ4n) is 4.62. The third-order valence-electron chi connectivity index (χ3n) is 6.47. The average Bonchev–Trinajstić information content (AvgIpc) is 3.52. The highest BCUT2D eigenvalue weighted by molar-refractivity contribution is 5.77. The monoisotopic (exact) mass is 450 g/mol. The molecule has 0 bridgehead atoms. The van der Waals surface area contributed by atoms with Gasteiger partial charge in [0.25, 0.3) is 0 Å². The van der Waals surface area contributed by atoms with E-state index in [-0.39, 0.29) is 11.3 Å². The highest BCUT2D eigenvalue weighted by Gasteiger charge is 2.32. The summed E-state index contributed by atoms with van der Waals surface area (Å²) in [5.74, 6) is 1.67. The molecule has 1 aromatic carbocycles. The number of carbonyl (C=O) groups excluding carboxylic acids is 1. The molecule has 6 nitrogen and oxygen atoms in total. The molecule has 2 aromatic rings. The summed E-state index contributed by atoms with van der Waals surface area (Å²) in [6.07, 6.45) is 5.87. The zero-order valence-corrected chi connectivity index (χ0v) is 20.6. The van der Waals surface area contributed by atoms with Gasteiger partial charge < -0.3 is 9.64 Å². The van der Waals surface area contributed by atoms with E-state index >= 15 is 0 Å². The Kier molecular flexibility index (Phi) is 6.94. The molecule has 4 rings (SSSR count). The Labute approximate surface area is 198 Å². The van der Waals surface area contributed by atoms with Crippen molar-refractivity contribution in [2.45, 2.75) is 59.5 Å². The normalized spacial score (nSPS) is 16.4. The van der Waals surface area contributed by atoms with Gasteiger partial charge in [-0.15, -0.1) is 6.58 Å². The smallest absolute Gasteiger partial charge is 0.223 e. The number of hydrogen-bond acceptors (Lipinski definition) is 4. The third-order valence-corrected chi connectivity index (χ3v) is 6.47. The van der Waals surface area contributed by atoms with E-state index < -0.39 is 0 Å². The lowest BCUT2D eigenvalue weighted by Gasteiger charge is -2.29. The number of fused-ring (bicyclic) bond motifs is 1. The lowest BCUT2D eigenvalue weighted by molar-refractivity contribution is -0.134. The van der Waals surface area contributed by atoms with Crippen LogP contribution in [0.5, 0.6) is 5.75 Å². The number of rotatable bonds is 9. The minimum atomic E-state index is -0.0319. The molecule has 178 valence electrons. The summed E-state index contributed by atoms with van der Waals surface area (Å²) in [5, 5.41) is 5.10. The minimum Gasteiger partial charge on any atom is -0.494 e. The summed E-state index contributed by atoms with van der Waals surface area (Å²) in [6, 6.07) is 8.03. The summed E-state index contributed by atoms with van der Waals surface area (Å²) in [7, 11) is 1.70. The molecule has 0 saturated heterocycles. The Morgan fingerprint density at radius 2 is 2.06 bits per heavy atom. The van der Waals surface area contributed by atoms with Gasteiger partial charge >= 0.3 is 0 Å². The Morgan fingerprint density at radius 1 is 1.30 bits per heavy atom. The van der Waals surface area contributed by atoms with Crippen molar-refractivity contribution in [1.82, 2.24) is 19.6 Å². The number of ether oxygens (including phenoxy) is 1. The van der Waals surface area contributed by atoms with Crippen molar-refractivity contribution in [3.63, 3.8) is 0 Å². The van der Waals surface area contributed by atoms with Crippen LogP contribution in [0.2, 0.25) is 0 Å². The van der Waals surface area contributed by atoms with Gasteiger partial charge in [0.2, 0.25) is 5.91 Å². The zero-order chi connectivity index (χ0) is 23.6. The molecule has 0 N–H and O–H groups in total. The van der Waals surface area contributed by atoms with Crippen LogP contribution in [-0.2, 0) is 24.3 Å². The second-order valence-corrected chi connectivity index (χ2v) is 10.7. The number of methoxy groups -OCH3 is 1. The van der Waals surface area contributed by atoms with E-state index in [1.54, 1.807) is 7.11 Å². The summed E-state index contributed by atoms with van der Waals surface area (Å²) < 4.78 is 7.70. The van der Waals surface area contributed by atoms with Crippen molar-refractivity contribution in [2.75, 3.05) is 26.7 Å². The van der Waals surface area contributed by atoms with Gasteiger partial charge in [0, 0.05) is 44.6 Å². The van der Waals surface area contributed by atoms with Crippen LogP contribution in [0.4, 0.5) is 0 Å². The second-order valence-electron chi connectivity index (χ2n) is 10.7. The Balaban J connectivity index is 1.70. The van der Waals surface area contributed by atoms with E-state index in [4.69, 9.17) is 9.84 Å². The predicted octanol–water partition coefficient (Wildman–Crippen LogP) is 4.60. The molecule has 1 amide bonds. The molecular formula is C27H38N4O2. The molecule has 0 atom stereocenters. The fraction of sp³-hybridized carbons (Fsp3) is 0.556. The van der Waals surface area contributed by atoms with Gasteiger partial charge in [0.15, 0.2) is 0 Å². The molecule has 0 radical (unpaired) electrons. The first kappa shape index (κ1) is 23.6. The van der Waals surface area contributed by atoms with Crippen LogP contribution in [0.25, 0.3) is 5.69 Å².